The Morgan fingerprint density at radius 3 is 1.65 bits per heavy atom. The minimum absolute atomic E-state index is 0.187. The molecule has 31 heavy (non-hydrogen) atoms. The summed E-state index contributed by atoms with van der Waals surface area (Å²) in [5.41, 5.74) is 0.645. The first kappa shape index (κ1) is 15.3. The molecule has 1 heterocycles. The number of ether oxygens (including phenoxy) is 4. The van der Waals surface area contributed by atoms with Crippen LogP contribution in [0.4, 0.5) is 0 Å². The predicted molar refractivity (Wildman–Crippen MR) is 117 cm³/mol. The van der Waals surface area contributed by atoms with Gasteiger partial charge in [0.2, 0.25) is 0 Å². The Bertz CT molecular complexity index is 1130. The molecule has 0 amide bonds. The van der Waals surface area contributed by atoms with E-state index in [0.29, 0.717) is 0 Å². The number of hydrogen-bond donors (Lipinski definition) is 1. The molecule has 5 heteroatoms. The molecule has 0 aliphatic carbocycles. The summed E-state index contributed by atoms with van der Waals surface area (Å²) in [7, 11) is 0. The van der Waals surface area contributed by atoms with E-state index in [2.05, 4.69) is 0 Å². The first-order valence-corrected chi connectivity index (χ1v) is 9.99. The number of hydrogen-bond acceptors (Lipinski definition) is 5. The SMILES string of the molecule is [2H]C([2H])(OC[C@H]1OC(O)[C@@H](OC([2H])([2H])c2ccccc2)[C@@H]1OC([2H])([2H])c1ccccc1)c1ccccc1. The molecule has 3 aromatic rings. The van der Waals surface area contributed by atoms with Crippen LogP contribution in [0.15, 0.2) is 91.0 Å². The maximum absolute atomic E-state index is 10.7. The zero-order chi connectivity index (χ0) is 26.7. The fourth-order valence-electron chi connectivity index (χ4n) is 3.11. The molecule has 1 fully saturated rings. The summed E-state index contributed by atoms with van der Waals surface area (Å²) in [4.78, 5) is 0. The molecule has 0 saturated carbocycles. The van der Waals surface area contributed by atoms with E-state index in [9.17, 15) is 5.11 Å². The smallest absolute Gasteiger partial charge is 0.184 e. The van der Waals surface area contributed by atoms with Gasteiger partial charge in [-0.25, -0.2) is 0 Å². The molecule has 1 aliphatic rings. The van der Waals surface area contributed by atoms with Crippen LogP contribution in [0.25, 0.3) is 0 Å². The summed E-state index contributed by atoms with van der Waals surface area (Å²) in [6.07, 6.45) is -5.67. The molecule has 0 spiro atoms. The van der Waals surface area contributed by atoms with Gasteiger partial charge in [-0.3, -0.25) is 0 Å². The van der Waals surface area contributed by atoms with Crippen LogP contribution < -0.4 is 0 Å². The van der Waals surface area contributed by atoms with Gasteiger partial charge in [0.05, 0.1) is 34.5 Å². The van der Waals surface area contributed by atoms with E-state index in [0.717, 1.165) is 0 Å². The van der Waals surface area contributed by atoms with Crippen LogP contribution in [-0.2, 0) is 38.6 Å². The van der Waals surface area contributed by atoms with E-state index in [-0.39, 0.29) is 16.7 Å². The Kier molecular flexibility index (Phi) is 5.52. The van der Waals surface area contributed by atoms with Gasteiger partial charge in [-0.1, -0.05) is 91.0 Å². The lowest BCUT2D eigenvalue weighted by Crippen LogP contribution is -2.39. The van der Waals surface area contributed by atoms with Gasteiger partial charge in [-0.2, -0.15) is 0 Å². The van der Waals surface area contributed by atoms with Crippen LogP contribution in [0.2, 0.25) is 0 Å². The van der Waals surface area contributed by atoms with Crippen LogP contribution in [0.5, 0.6) is 0 Å². The number of benzene rings is 3. The first-order chi connectivity index (χ1) is 17.5. The minimum atomic E-state index is -2.37. The van der Waals surface area contributed by atoms with Crippen molar-refractivity contribution in [1.82, 2.24) is 0 Å². The molecular weight excluding hydrogens is 392 g/mol. The molecule has 1 saturated heterocycles. The summed E-state index contributed by atoms with van der Waals surface area (Å²) in [6.45, 7) is -7.37. The highest BCUT2D eigenvalue weighted by molar-refractivity contribution is 5.15. The summed E-state index contributed by atoms with van der Waals surface area (Å²) in [6, 6.07) is 24.3. The van der Waals surface area contributed by atoms with Crippen LogP contribution in [0.3, 0.4) is 0 Å². The molecule has 5 nitrogen and oxygen atoms in total. The fourth-order valence-corrected chi connectivity index (χ4v) is 3.11. The van der Waals surface area contributed by atoms with Crippen molar-refractivity contribution < 1.29 is 32.3 Å². The average Bonchev–Trinajstić information content (AvgIpc) is 3.17. The van der Waals surface area contributed by atoms with Gasteiger partial charge in [0.25, 0.3) is 0 Å². The Balaban J connectivity index is 1.59. The van der Waals surface area contributed by atoms with Crippen molar-refractivity contribution in [1.29, 1.82) is 0 Å². The van der Waals surface area contributed by atoms with E-state index in [1.165, 1.54) is 24.3 Å². The molecular formula is C26H28O5. The van der Waals surface area contributed by atoms with Crippen molar-refractivity contribution in [3.05, 3.63) is 108 Å². The van der Waals surface area contributed by atoms with Crippen molar-refractivity contribution in [3.63, 3.8) is 0 Å². The zero-order valence-corrected chi connectivity index (χ0v) is 16.8. The lowest BCUT2D eigenvalue weighted by atomic mass is 10.1. The lowest BCUT2D eigenvalue weighted by Gasteiger charge is -2.24. The van der Waals surface area contributed by atoms with Crippen LogP contribution in [0.1, 0.15) is 24.9 Å². The van der Waals surface area contributed by atoms with Crippen molar-refractivity contribution in [2.24, 2.45) is 0 Å². The third-order valence-corrected chi connectivity index (χ3v) is 4.67. The van der Waals surface area contributed by atoms with Gasteiger partial charge in [-0.15, -0.1) is 0 Å². The maximum atomic E-state index is 10.7. The van der Waals surface area contributed by atoms with E-state index >= 15 is 0 Å². The van der Waals surface area contributed by atoms with E-state index in [4.69, 9.17) is 27.2 Å². The molecule has 1 N–H and O–H groups in total. The zero-order valence-electron chi connectivity index (χ0n) is 22.8. The molecule has 0 bridgehead atoms. The highest BCUT2D eigenvalue weighted by Crippen LogP contribution is 2.28. The highest BCUT2D eigenvalue weighted by Gasteiger charge is 2.45. The summed E-state index contributed by atoms with van der Waals surface area (Å²) in [5.74, 6) is 0. The lowest BCUT2D eigenvalue weighted by molar-refractivity contribution is -0.153. The molecule has 1 aliphatic heterocycles. The van der Waals surface area contributed by atoms with E-state index < -0.39 is 50.9 Å². The quantitative estimate of drug-likeness (QED) is 0.529. The van der Waals surface area contributed by atoms with Crippen molar-refractivity contribution >= 4 is 0 Å². The fraction of sp³-hybridized carbons (Fsp3) is 0.308. The highest BCUT2D eigenvalue weighted by atomic mass is 16.7. The monoisotopic (exact) mass is 426 g/mol. The third kappa shape index (κ3) is 6.23. The van der Waals surface area contributed by atoms with Crippen LogP contribution in [0, 0.1) is 0 Å². The van der Waals surface area contributed by atoms with E-state index in [1.807, 2.05) is 0 Å². The van der Waals surface area contributed by atoms with E-state index in [1.54, 1.807) is 66.7 Å². The Hall–Kier alpha value is -2.54. The van der Waals surface area contributed by atoms with Gasteiger partial charge >= 0.3 is 0 Å². The second-order valence-corrected chi connectivity index (χ2v) is 6.95. The van der Waals surface area contributed by atoms with Crippen molar-refractivity contribution in [3.8, 4) is 0 Å². The topological polar surface area (TPSA) is 57.2 Å². The summed E-state index contributed by atoms with van der Waals surface area (Å²) < 4.78 is 72.9. The number of aliphatic hydroxyl groups excluding tert-OH is 1. The molecule has 3 aromatic carbocycles. The molecule has 4 rings (SSSR count). The first-order valence-electron chi connectivity index (χ1n) is 13.0. The van der Waals surface area contributed by atoms with Gasteiger partial charge in [0.15, 0.2) is 6.29 Å². The standard InChI is InChI=1S/C26H28O5/c27-26-25(30-18-22-14-8-3-9-15-22)24(29-17-21-12-6-2-7-13-21)23(31-26)19-28-16-20-10-4-1-5-11-20/h1-15,23-27H,16-19H2/t23-,24-,25+,26?/m1/s1/i16D2,17D2,18D2. The molecule has 162 valence electrons. The Morgan fingerprint density at radius 1 is 0.677 bits per heavy atom. The van der Waals surface area contributed by atoms with Crippen molar-refractivity contribution in [2.45, 2.75) is 44.3 Å². The predicted octanol–water partition coefficient (Wildman–Crippen LogP) is 4.09. The minimum Gasteiger partial charge on any atom is -0.374 e. The Labute approximate surface area is 191 Å². The van der Waals surface area contributed by atoms with Gasteiger partial charge in [0, 0.05) is 0 Å². The summed E-state index contributed by atoms with van der Waals surface area (Å²) >= 11 is 0. The van der Waals surface area contributed by atoms with Crippen LogP contribution in [-0.4, -0.2) is 36.3 Å². The number of aliphatic hydroxyl groups is 1. The van der Waals surface area contributed by atoms with Gasteiger partial charge in [-0.05, 0) is 16.7 Å². The Morgan fingerprint density at radius 2 is 1.13 bits per heavy atom. The molecule has 0 aromatic heterocycles. The third-order valence-electron chi connectivity index (χ3n) is 4.67. The maximum Gasteiger partial charge on any atom is 0.184 e. The molecule has 4 atom stereocenters. The largest absolute Gasteiger partial charge is 0.374 e. The molecule has 1 unspecified atom stereocenters. The second-order valence-electron chi connectivity index (χ2n) is 6.95. The van der Waals surface area contributed by atoms with Crippen molar-refractivity contribution in [2.75, 3.05) is 6.61 Å². The normalized spacial score (nSPS) is 27.4. The average molecular weight is 427 g/mol. The summed E-state index contributed by atoms with van der Waals surface area (Å²) in [5, 5.41) is 10.7. The second kappa shape index (κ2) is 11.2. The van der Waals surface area contributed by atoms with Crippen LogP contribution >= 0.6 is 0 Å². The van der Waals surface area contributed by atoms with Gasteiger partial charge < -0.3 is 24.1 Å². The number of rotatable bonds is 10. The van der Waals surface area contributed by atoms with Gasteiger partial charge in [0.1, 0.15) is 18.3 Å². The molecule has 0 radical (unpaired) electrons.